The summed E-state index contributed by atoms with van der Waals surface area (Å²) in [5.74, 6) is 0.104. The number of nitrogen functional groups attached to an aromatic ring is 1. The van der Waals surface area contributed by atoms with Crippen LogP contribution in [0.1, 0.15) is 30.6 Å². The summed E-state index contributed by atoms with van der Waals surface area (Å²) in [6.07, 6.45) is 1.03. The fourth-order valence-electron chi connectivity index (χ4n) is 2.25. The van der Waals surface area contributed by atoms with E-state index in [1.165, 1.54) is 0 Å². The number of aromatic carboxylic acids is 1. The summed E-state index contributed by atoms with van der Waals surface area (Å²) in [7, 11) is 0. The van der Waals surface area contributed by atoms with Gasteiger partial charge in [0.15, 0.2) is 0 Å². The van der Waals surface area contributed by atoms with Crippen LogP contribution in [0.5, 0.6) is 0 Å². The van der Waals surface area contributed by atoms with Gasteiger partial charge in [-0.25, -0.2) is 4.79 Å². The van der Waals surface area contributed by atoms with Crippen LogP contribution in [0.4, 0.5) is 11.4 Å². The molecular weight excluding hydrogens is 260 g/mol. The molecular formula is C14H20N2O2S. The summed E-state index contributed by atoms with van der Waals surface area (Å²) in [5.41, 5.74) is 7.48. The van der Waals surface area contributed by atoms with E-state index in [2.05, 4.69) is 18.7 Å². The van der Waals surface area contributed by atoms with E-state index in [-0.39, 0.29) is 4.75 Å². The van der Waals surface area contributed by atoms with Crippen molar-refractivity contribution in [3.05, 3.63) is 23.8 Å². The standard InChI is InChI=1S/C14H20N2O2S/c1-14(2)5-6-16(7-8-19-14)12-9-10(15)3-4-11(12)13(17)18/h3-4,9H,5-8,15H2,1-2H3,(H,17,18). The molecule has 0 atom stereocenters. The second-order valence-corrected chi connectivity index (χ2v) is 7.23. The molecule has 1 aromatic carbocycles. The fourth-order valence-corrected chi connectivity index (χ4v) is 3.35. The molecule has 1 saturated heterocycles. The van der Waals surface area contributed by atoms with Crippen molar-refractivity contribution < 1.29 is 9.90 Å². The van der Waals surface area contributed by atoms with Crippen LogP contribution in [0.2, 0.25) is 0 Å². The number of carboxylic acid groups (broad SMARTS) is 1. The van der Waals surface area contributed by atoms with Crippen molar-refractivity contribution in [3.8, 4) is 0 Å². The number of nitrogens with two attached hydrogens (primary N) is 1. The smallest absolute Gasteiger partial charge is 0.337 e. The summed E-state index contributed by atoms with van der Waals surface area (Å²) in [4.78, 5) is 13.5. The van der Waals surface area contributed by atoms with Gasteiger partial charge in [0.1, 0.15) is 0 Å². The Balaban J connectivity index is 2.30. The van der Waals surface area contributed by atoms with Gasteiger partial charge in [-0.05, 0) is 24.6 Å². The summed E-state index contributed by atoms with van der Waals surface area (Å²) in [5, 5.41) is 9.29. The first-order valence-corrected chi connectivity index (χ1v) is 7.39. The van der Waals surface area contributed by atoms with Gasteiger partial charge in [-0.1, -0.05) is 13.8 Å². The number of hydrogen-bond acceptors (Lipinski definition) is 4. The molecule has 5 heteroatoms. The Labute approximate surface area is 118 Å². The largest absolute Gasteiger partial charge is 0.478 e. The van der Waals surface area contributed by atoms with Crippen LogP contribution < -0.4 is 10.6 Å². The van der Waals surface area contributed by atoms with E-state index in [0.717, 1.165) is 31.0 Å². The lowest BCUT2D eigenvalue weighted by molar-refractivity contribution is 0.0697. The summed E-state index contributed by atoms with van der Waals surface area (Å²) >= 11 is 1.94. The molecule has 3 N–H and O–H groups in total. The van der Waals surface area contributed by atoms with E-state index in [1.54, 1.807) is 18.2 Å². The predicted molar refractivity (Wildman–Crippen MR) is 81.2 cm³/mol. The monoisotopic (exact) mass is 280 g/mol. The minimum atomic E-state index is -0.897. The Morgan fingerprint density at radius 3 is 2.84 bits per heavy atom. The van der Waals surface area contributed by atoms with Crippen LogP contribution in [0.25, 0.3) is 0 Å². The fraction of sp³-hybridized carbons (Fsp3) is 0.500. The Bertz CT molecular complexity index is 488. The van der Waals surface area contributed by atoms with E-state index >= 15 is 0 Å². The maximum absolute atomic E-state index is 11.3. The third-order valence-electron chi connectivity index (χ3n) is 3.43. The molecule has 0 unspecified atom stereocenters. The minimum absolute atomic E-state index is 0.248. The first-order chi connectivity index (χ1) is 8.89. The van der Waals surface area contributed by atoms with Gasteiger partial charge in [-0.2, -0.15) is 11.8 Å². The van der Waals surface area contributed by atoms with Crippen molar-refractivity contribution in [2.24, 2.45) is 0 Å². The Morgan fingerprint density at radius 1 is 1.42 bits per heavy atom. The lowest BCUT2D eigenvalue weighted by Gasteiger charge is -2.25. The second kappa shape index (κ2) is 5.33. The van der Waals surface area contributed by atoms with Crippen LogP contribution in [0.15, 0.2) is 18.2 Å². The average molecular weight is 280 g/mol. The molecule has 1 heterocycles. The van der Waals surface area contributed by atoms with Gasteiger partial charge in [-0.15, -0.1) is 0 Å². The number of carbonyl (C=O) groups is 1. The molecule has 0 saturated carbocycles. The zero-order valence-corrected chi connectivity index (χ0v) is 12.2. The van der Waals surface area contributed by atoms with Crippen LogP contribution in [-0.4, -0.2) is 34.7 Å². The van der Waals surface area contributed by atoms with Crippen molar-refractivity contribution in [2.45, 2.75) is 25.0 Å². The van der Waals surface area contributed by atoms with Gasteiger partial charge < -0.3 is 15.7 Å². The van der Waals surface area contributed by atoms with Crippen molar-refractivity contribution in [2.75, 3.05) is 29.5 Å². The maximum Gasteiger partial charge on any atom is 0.337 e. The number of anilines is 2. The molecule has 0 spiro atoms. The highest BCUT2D eigenvalue weighted by Gasteiger charge is 2.25. The molecule has 2 rings (SSSR count). The summed E-state index contributed by atoms with van der Waals surface area (Å²) in [6, 6.07) is 5.01. The number of thioether (sulfide) groups is 1. The van der Waals surface area contributed by atoms with E-state index in [1.807, 2.05) is 11.8 Å². The number of hydrogen-bond donors (Lipinski definition) is 2. The summed E-state index contributed by atoms with van der Waals surface area (Å²) < 4.78 is 0.248. The van der Waals surface area contributed by atoms with Gasteiger partial charge in [0.2, 0.25) is 0 Å². The Morgan fingerprint density at radius 2 is 2.16 bits per heavy atom. The Kier molecular flexibility index (Phi) is 3.94. The first-order valence-electron chi connectivity index (χ1n) is 6.41. The highest BCUT2D eigenvalue weighted by atomic mass is 32.2. The topological polar surface area (TPSA) is 66.6 Å². The van der Waals surface area contributed by atoms with Crippen molar-refractivity contribution in [1.29, 1.82) is 0 Å². The molecule has 4 nitrogen and oxygen atoms in total. The highest BCUT2D eigenvalue weighted by molar-refractivity contribution is 8.00. The van der Waals surface area contributed by atoms with E-state index in [4.69, 9.17) is 5.73 Å². The van der Waals surface area contributed by atoms with Crippen LogP contribution in [0, 0.1) is 0 Å². The minimum Gasteiger partial charge on any atom is -0.478 e. The third kappa shape index (κ3) is 3.35. The maximum atomic E-state index is 11.3. The highest BCUT2D eigenvalue weighted by Crippen LogP contribution is 2.33. The van der Waals surface area contributed by atoms with E-state index in [9.17, 15) is 9.90 Å². The van der Waals surface area contributed by atoms with Crippen LogP contribution >= 0.6 is 11.8 Å². The molecule has 0 bridgehead atoms. The second-order valence-electron chi connectivity index (χ2n) is 5.43. The molecule has 104 valence electrons. The van der Waals surface area contributed by atoms with Crippen molar-refractivity contribution >= 4 is 29.1 Å². The molecule has 0 aliphatic carbocycles. The molecule has 0 amide bonds. The van der Waals surface area contributed by atoms with Gasteiger partial charge in [0, 0.05) is 29.3 Å². The van der Waals surface area contributed by atoms with Crippen molar-refractivity contribution in [1.82, 2.24) is 0 Å². The normalized spacial score (nSPS) is 18.9. The number of benzene rings is 1. The quantitative estimate of drug-likeness (QED) is 0.815. The number of rotatable bonds is 2. The third-order valence-corrected chi connectivity index (χ3v) is 4.80. The van der Waals surface area contributed by atoms with E-state index in [0.29, 0.717) is 11.3 Å². The number of nitrogens with zero attached hydrogens (tertiary/aromatic N) is 1. The molecule has 0 radical (unpaired) electrons. The Hall–Kier alpha value is -1.36. The van der Waals surface area contributed by atoms with Gasteiger partial charge in [0.05, 0.1) is 11.3 Å². The lowest BCUT2D eigenvalue weighted by atomic mass is 10.1. The van der Waals surface area contributed by atoms with Crippen LogP contribution in [-0.2, 0) is 0 Å². The molecule has 1 aliphatic heterocycles. The van der Waals surface area contributed by atoms with Gasteiger partial charge in [-0.3, -0.25) is 0 Å². The van der Waals surface area contributed by atoms with Crippen LogP contribution in [0.3, 0.4) is 0 Å². The molecule has 0 aromatic heterocycles. The van der Waals surface area contributed by atoms with E-state index < -0.39 is 5.97 Å². The molecule has 1 aliphatic rings. The summed E-state index contributed by atoms with van der Waals surface area (Å²) in [6.45, 7) is 6.19. The number of carboxylic acids is 1. The predicted octanol–water partition coefficient (Wildman–Crippen LogP) is 2.69. The van der Waals surface area contributed by atoms with Gasteiger partial charge in [0.25, 0.3) is 0 Å². The van der Waals surface area contributed by atoms with Crippen molar-refractivity contribution in [3.63, 3.8) is 0 Å². The molecule has 19 heavy (non-hydrogen) atoms. The average Bonchev–Trinajstić information content (AvgIpc) is 2.49. The van der Waals surface area contributed by atoms with Gasteiger partial charge >= 0.3 is 5.97 Å². The first kappa shape index (κ1) is 14.1. The zero-order valence-electron chi connectivity index (χ0n) is 11.3. The molecule has 1 aromatic rings. The zero-order chi connectivity index (χ0) is 14.0. The lowest BCUT2D eigenvalue weighted by Crippen LogP contribution is -2.28. The molecule has 1 fully saturated rings. The SMILES string of the molecule is CC1(C)CCN(c2cc(N)ccc2C(=O)O)CCS1.